The van der Waals surface area contributed by atoms with Crippen molar-refractivity contribution in [1.82, 2.24) is 0 Å². The highest BCUT2D eigenvalue weighted by Crippen LogP contribution is 2.34. The number of aliphatic carboxylic acids is 1. The minimum Gasteiger partial charge on any atom is -0.490 e. The van der Waals surface area contributed by atoms with Crippen LogP contribution in [-0.2, 0) is 11.0 Å². The first-order valence-corrected chi connectivity index (χ1v) is 8.23. The molecule has 0 aliphatic rings. The zero-order valence-electron chi connectivity index (χ0n) is 14.8. The SMILES string of the molecule is CC(C)Oc1ccccc1C(=CC=CC(=O)O)c1ccc(C(F)(F)F)cc1. The number of carboxylic acids is 1. The zero-order valence-corrected chi connectivity index (χ0v) is 14.8. The Morgan fingerprint density at radius 3 is 2.26 bits per heavy atom. The number of carbonyl (C=O) groups is 1. The summed E-state index contributed by atoms with van der Waals surface area (Å²) in [4.78, 5) is 10.8. The average molecular weight is 376 g/mol. The molecular weight excluding hydrogens is 357 g/mol. The highest BCUT2D eigenvalue weighted by atomic mass is 19.4. The molecule has 2 aromatic rings. The van der Waals surface area contributed by atoms with Crippen molar-refractivity contribution in [2.24, 2.45) is 0 Å². The smallest absolute Gasteiger partial charge is 0.416 e. The van der Waals surface area contributed by atoms with Crippen LogP contribution in [0.2, 0.25) is 0 Å². The monoisotopic (exact) mass is 376 g/mol. The van der Waals surface area contributed by atoms with Crippen LogP contribution >= 0.6 is 0 Å². The molecule has 0 aliphatic carbocycles. The number of hydrogen-bond donors (Lipinski definition) is 1. The summed E-state index contributed by atoms with van der Waals surface area (Å²) in [5, 5.41) is 8.80. The van der Waals surface area contributed by atoms with Crippen molar-refractivity contribution in [3.8, 4) is 5.75 Å². The summed E-state index contributed by atoms with van der Waals surface area (Å²) in [6.07, 6.45) is -0.698. The molecule has 0 aliphatic heterocycles. The first-order chi connectivity index (χ1) is 12.7. The highest BCUT2D eigenvalue weighted by Gasteiger charge is 2.30. The summed E-state index contributed by atoms with van der Waals surface area (Å²) in [6.45, 7) is 3.73. The maximum atomic E-state index is 12.8. The van der Waals surface area contributed by atoms with E-state index in [2.05, 4.69) is 0 Å². The third kappa shape index (κ3) is 5.74. The lowest BCUT2D eigenvalue weighted by molar-refractivity contribution is -0.137. The molecule has 2 aromatic carbocycles. The molecule has 2 rings (SSSR count). The summed E-state index contributed by atoms with van der Waals surface area (Å²) in [5.74, 6) is -0.563. The van der Waals surface area contributed by atoms with Gasteiger partial charge in [0.25, 0.3) is 0 Å². The lowest BCUT2D eigenvalue weighted by Gasteiger charge is -2.17. The second kappa shape index (κ2) is 8.58. The fourth-order valence-corrected chi connectivity index (χ4v) is 2.45. The first-order valence-electron chi connectivity index (χ1n) is 8.23. The Balaban J connectivity index is 2.55. The Hall–Kier alpha value is -3.02. The third-order valence-corrected chi connectivity index (χ3v) is 3.56. The maximum Gasteiger partial charge on any atom is 0.416 e. The van der Waals surface area contributed by atoms with Gasteiger partial charge in [-0.25, -0.2) is 4.79 Å². The molecule has 0 heterocycles. The van der Waals surface area contributed by atoms with Crippen LogP contribution in [0.1, 0.15) is 30.5 Å². The van der Waals surface area contributed by atoms with Crippen LogP contribution in [0, 0.1) is 0 Å². The maximum absolute atomic E-state index is 12.8. The van der Waals surface area contributed by atoms with Gasteiger partial charge in [-0.3, -0.25) is 0 Å². The Morgan fingerprint density at radius 1 is 1.07 bits per heavy atom. The Kier molecular flexibility index (Phi) is 6.45. The summed E-state index contributed by atoms with van der Waals surface area (Å²) in [7, 11) is 0. The van der Waals surface area contributed by atoms with E-state index in [1.165, 1.54) is 18.2 Å². The summed E-state index contributed by atoms with van der Waals surface area (Å²) in [6, 6.07) is 11.8. The molecule has 0 spiro atoms. The molecule has 0 saturated heterocycles. The Morgan fingerprint density at radius 2 is 1.70 bits per heavy atom. The normalized spacial score (nSPS) is 12.6. The summed E-state index contributed by atoms with van der Waals surface area (Å²) >= 11 is 0. The average Bonchev–Trinajstić information content (AvgIpc) is 2.58. The van der Waals surface area contributed by atoms with Crippen LogP contribution in [-0.4, -0.2) is 17.2 Å². The predicted molar refractivity (Wildman–Crippen MR) is 97.5 cm³/mol. The number of halogens is 3. The van der Waals surface area contributed by atoms with Crippen molar-refractivity contribution in [1.29, 1.82) is 0 Å². The van der Waals surface area contributed by atoms with E-state index >= 15 is 0 Å². The Labute approximate surface area is 155 Å². The molecule has 3 nitrogen and oxygen atoms in total. The highest BCUT2D eigenvalue weighted by molar-refractivity contribution is 5.85. The van der Waals surface area contributed by atoms with Gasteiger partial charge in [-0.1, -0.05) is 42.5 Å². The van der Waals surface area contributed by atoms with Crippen LogP contribution in [0.3, 0.4) is 0 Å². The molecule has 0 aromatic heterocycles. The van der Waals surface area contributed by atoms with Crippen LogP contribution in [0.5, 0.6) is 5.75 Å². The molecule has 142 valence electrons. The Bertz CT molecular complexity index is 848. The van der Waals surface area contributed by atoms with Crippen molar-refractivity contribution >= 4 is 11.5 Å². The molecule has 0 amide bonds. The fourth-order valence-electron chi connectivity index (χ4n) is 2.45. The number of alkyl halides is 3. The standard InChI is InChI=1S/C21H19F3O3/c1-14(2)27-19-8-4-3-6-18(19)17(7-5-9-20(25)26)15-10-12-16(13-11-15)21(22,23)24/h3-14H,1-2H3,(H,25,26). The summed E-state index contributed by atoms with van der Waals surface area (Å²) < 4.78 is 44.3. The van der Waals surface area contributed by atoms with Crippen LogP contribution < -0.4 is 4.74 Å². The van der Waals surface area contributed by atoms with Gasteiger partial charge in [-0.15, -0.1) is 0 Å². The van der Waals surface area contributed by atoms with Gasteiger partial charge in [-0.2, -0.15) is 13.2 Å². The molecule has 0 bridgehead atoms. The molecule has 0 unspecified atom stereocenters. The van der Waals surface area contributed by atoms with Crippen molar-refractivity contribution in [2.45, 2.75) is 26.1 Å². The van der Waals surface area contributed by atoms with E-state index in [4.69, 9.17) is 9.84 Å². The van der Waals surface area contributed by atoms with Crippen molar-refractivity contribution in [3.63, 3.8) is 0 Å². The summed E-state index contributed by atoms with van der Waals surface area (Å²) in [5.41, 5.74) is 0.967. The molecule has 0 fully saturated rings. The first kappa shape index (κ1) is 20.3. The largest absolute Gasteiger partial charge is 0.490 e. The molecule has 0 atom stereocenters. The van der Waals surface area contributed by atoms with E-state index in [0.717, 1.165) is 18.2 Å². The third-order valence-electron chi connectivity index (χ3n) is 3.56. The second-order valence-electron chi connectivity index (χ2n) is 6.02. The van der Waals surface area contributed by atoms with E-state index < -0.39 is 17.7 Å². The van der Waals surface area contributed by atoms with Crippen LogP contribution in [0.25, 0.3) is 5.57 Å². The molecule has 27 heavy (non-hydrogen) atoms. The van der Waals surface area contributed by atoms with Crippen molar-refractivity contribution < 1.29 is 27.8 Å². The number of hydrogen-bond acceptors (Lipinski definition) is 2. The number of para-hydroxylation sites is 1. The lowest BCUT2D eigenvalue weighted by Crippen LogP contribution is -2.08. The van der Waals surface area contributed by atoms with Gasteiger partial charge in [0, 0.05) is 11.6 Å². The molecule has 0 saturated carbocycles. The van der Waals surface area contributed by atoms with Crippen LogP contribution in [0.4, 0.5) is 13.2 Å². The minimum absolute atomic E-state index is 0.102. The van der Waals surface area contributed by atoms with E-state index in [1.54, 1.807) is 30.3 Å². The minimum atomic E-state index is -4.43. The van der Waals surface area contributed by atoms with Crippen molar-refractivity contribution in [2.75, 3.05) is 0 Å². The van der Waals surface area contributed by atoms with Crippen LogP contribution in [0.15, 0.2) is 66.8 Å². The zero-order chi connectivity index (χ0) is 20.0. The fraction of sp³-hybridized carbons (Fsp3) is 0.190. The van der Waals surface area contributed by atoms with Gasteiger partial charge in [-0.05, 0) is 43.2 Å². The van der Waals surface area contributed by atoms with E-state index in [0.29, 0.717) is 22.4 Å². The van der Waals surface area contributed by atoms with E-state index in [1.807, 2.05) is 13.8 Å². The molecule has 6 heteroatoms. The van der Waals surface area contributed by atoms with Gasteiger partial charge in [0.2, 0.25) is 0 Å². The second-order valence-corrected chi connectivity index (χ2v) is 6.02. The lowest BCUT2D eigenvalue weighted by atomic mass is 9.95. The van der Waals surface area contributed by atoms with Gasteiger partial charge in [0.05, 0.1) is 11.7 Å². The molecule has 1 N–H and O–H groups in total. The van der Waals surface area contributed by atoms with Gasteiger partial charge in [0.15, 0.2) is 0 Å². The number of rotatable bonds is 6. The number of allylic oxidation sites excluding steroid dienone is 2. The van der Waals surface area contributed by atoms with Crippen molar-refractivity contribution in [3.05, 3.63) is 83.4 Å². The number of ether oxygens (including phenoxy) is 1. The van der Waals surface area contributed by atoms with Gasteiger partial charge in [0.1, 0.15) is 5.75 Å². The predicted octanol–water partition coefficient (Wildman–Crippen LogP) is 5.57. The quantitative estimate of drug-likeness (QED) is 0.530. The van der Waals surface area contributed by atoms with E-state index in [9.17, 15) is 18.0 Å². The number of carboxylic acid groups (broad SMARTS) is 1. The molecular formula is C21H19F3O3. The number of benzene rings is 2. The van der Waals surface area contributed by atoms with E-state index in [-0.39, 0.29) is 6.10 Å². The van der Waals surface area contributed by atoms with Gasteiger partial charge < -0.3 is 9.84 Å². The topological polar surface area (TPSA) is 46.5 Å². The van der Waals surface area contributed by atoms with Gasteiger partial charge >= 0.3 is 12.1 Å². The molecule has 0 radical (unpaired) electrons.